The summed E-state index contributed by atoms with van der Waals surface area (Å²) in [5, 5.41) is 26.4. The number of nitrogens with one attached hydrogen (secondary N) is 2. The lowest BCUT2D eigenvalue weighted by molar-refractivity contribution is -0.141. The predicted molar refractivity (Wildman–Crippen MR) is 98.0 cm³/mol. The van der Waals surface area contributed by atoms with Crippen molar-refractivity contribution >= 4 is 22.7 Å². The average Bonchev–Trinajstić information content (AvgIpc) is 3.12. The summed E-state index contributed by atoms with van der Waals surface area (Å²) in [6, 6.07) is 10.5. The van der Waals surface area contributed by atoms with Gasteiger partial charge in [-0.05, 0) is 30.3 Å². The molecule has 1 aromatic heterocycles. The van der Waals surface area contributed by atoms with Crippen molar-refractivity contribution in [1.29, 1.82) is 0 Å². The summed E-state index contributed by atoms with van der Waals surface area (Å²) < 4.78 is 13.7. The van der Waals surface area contributed by atoms with Crippen molar-refractivity contribution in [2.45, 2.75) is 6.04 Å². The molecular weight excluding hydrogens is 351 g/mol. The second-order valence-electron chi connectivity index (χ2n) is 6.43. The van der Waals surface area contributed by atoms with E-state index in [1.165, 1.54) is 12.1 Å². The van der Waals surface area contributed by atoms with Gasteiger partial charge in [-0.15, -0.1) is 0 Å². The van der Waals surface area contributed by atoms with Crippen LogP contribution in [0.15, 0.2) is 42.5 Å². The number of aliphatic carboxylic acids is 1. The summed E-state index contributed by atoms with van der Waals surface area (Å²) in [5.41, 5.74) is 0.773. The van der Waals surface area contributed by atoms with E-state index in [9.17, 15) is 19.4 Å². The quantitative estimate of drug-likeness (QED) is 0.559. The van der Waals surface area contributed by atoms with Crippen molar-refractivity contribution in [3.05, 3.63) is 48.3 Å². The van der Waals surface area contributed by atoms with E-state index in [0.29, 0.717) is 29.8 Å². The first kappa shape index (κ1) is 17.2. The molecule has 2 atom stereocenters. The summed E-state index contributed by atoms with van der Waals surface area (Å²) in [5.74, 6) is -1.53. The van der Waals surface area contributed by atoms with Crippen LogP contribution in [0.4, 0.5) is 10.2 Å². The van der Waals surface area contributed by atoms with Crippen LogP contribution in [0.5, 0.6) is 5.75 Å². The highest BCUT2D eigenvalue weighted by Crippen LogP contribution is 2.31. The number of carboxylic acid groups (broad SMARTS) is 1. The molecular formula is C19H17FN4O3. The number of anilines is 1. The minimum Gasteiger partial charge on any atom is -0.507 e. The van der Waals surface area contributed by atoms with Crippen molar-refractivity contribution in [3.8, 4) is 17.1 Å². The van der Waals surface area contributed by atoms with Gasteiger partial charge in [0, 0.05) is 18.5 Å². The van der Waals surface area contributed by atoms with E-state index in [1.54, 1.807) is 6.07 Å². The van der Waals surface area contributed by atoms with E-state index in [0.717, 1.165) is 6.07 Å². The number of halogens is 1. The molecule has 1 aliphatic heterocycles. The molecule has 0 amide bonds. The molecule has 27 heavy (non-hydrogen) atoms. The maximum absolute atomic E-state index is 13.7. The summed E-state index contributed by atoms with van der Waals surface area (Å²) in [6.07, 6.45) is 0. The van der Waals surface area contributed by atoms with Gasteiger partial charge < -0.3 is 20.8 Å². The van der Waals surface area contributed by atoms with Gasteiger partial charge >= 0.3 is 5.97 Å². The number of nitrogens with zero attached hydrogens (tertiary/aromatic N) is 2. The monoisotopic (exact) mass is 368 g/mol. The van der Waals surface area contributed by atoms with E-state index in [-0.39, 0.29) is 23.2 Å². The molecule has 1 aliphatic rings. The SMILES string of the molecule is O=C(O)C1CNCC1Nc1nc(-c2cc(F)ccc2O)nc2ccccc12. The number of phenols is 1. The molecule has 0 spiro atoms. The smallest absolute Gasteiger partial charge is 0.309 e. The first-order valence-corrected chi connectivity index (χ1v) is 8.48. The number of carbonyl (C=O) groups is 1. The first-order valence-electron chi connectivity index (χ1n) is 8.48. The van der Waals surface area contributed by atoms with Crippen LogP contribution in [-0.4, -0.2) is 45.3 Å². The highest BCUT2D eigenvalue weighted by molar-refractivity contribution is 5.91. The molecule has 1 saturated heterocycles. The number of benzene rings is 2. The number of carboxylic acids is 1. The lowest BCUT2D eigenvalue weighted by Gasteiger charge is -2.19. The number of para-hydroxylation sites is 1. The molecule has 0 bridgehead atoms. The molecule has 4 rings (SSSR count). The van der Waals surface area contributed by atoms with Gasteiger partial charge in [0.2, 0.25) is 0 Å². The number of aromatic nitrogens is 2. The lowest BCUT2D eigenvalue weighted by Crippen LogP contribution is -2.33. The van der Waals surface area contributed by atoms with Gasteiger partial charge in [0.05, 0.1) is 23.0 Å². The summed E-state index contributed by atoms with van der Waals surface area (Å²) in [7, 11) is 0. The van der Waals surface area contributed by atoms with E-state index in [4.69, 9.17) is 0 Å². The Hall–Kier alpha value is -3.26. The van der Waals surface area contributed by atoms with Crippen LogP contribution in [0.1, 0.15) is 0 Å². The average molecular weight is 368 g/mol. The van der Waals surface area contributed by atoms with Crippen LogP contribution in [0.25, 0.3) is 22.3 Å². The van der Waals surface area contributed by atoms with Gasteiger partial charge in [-0.3, -0.25) is 4.79 Å². The summed E-state index contributed by atoms with van der Waals surface area (Å²) in [6.45, 7) is 0.851. The molecule has 2 heterocycles. The molecule has 1 fully saturated rings. The van der Waals surface area contributed by atoms with E-state index >= 15 is 0 Å². The first-order chi connectivity index (χ1) is 13.0. The fraction of sp³-hybridized carbons (Fsp3) is 0.211. The van der Waals surface area contributed by atoms with Crippen LogP contribution < -0.4 is 10.6 Å². The number of phenolic OH excluding ortho intramolecular Hbond substituents is 1. The Balaban J connectivity index is 1.82. The lowest BCUT2D eigenvalue weighted by atomic mass is 10.0. The molecule has 7 nitrogen and oxygen atoms in total. The second kappa shape index (κ2) is 6.81. The Morgan fingerprint density at radius 2 is 2.00 bits per heavy atom. The highest BCUT2D eigenvalue weighted by Gasteiger charge is 2.33. The van der Waals surface area contributed by atoms with Crippen LogP contribution in [0.2, 0.25) is 0 Å². The molecule has 0 saturated carbocycles. The van der Waals surface area contributed by atoms with Crippen molar-refractivity contribution < 1.29 is 19.4 Å². The van der Waals surface area contributed by atoms with Gasteiger partial charge in [-0.25, -0.2) is 14.4 Å². The van der Waals surface area contributed by atoms with Gasteiger partial charge in [-0.1, -0.05) is 12.1 Å². The predicted octanol–water partition coefficient (Wildman–Crippen LogP) is 2.23. The third kappa shape index (κ3) is 3.26. The Morgan fingerprint density at radius 1 is 1.19 bits per heavy atom. The Kier molecular flexibility index (Phi) is 4.33. The summed E-state index contributed by atoms with van der Waals surface area (Å²) >= 11 is 0. The fourth-order valence-corrected chi connectivity index (χ4v) is 3.26. The maximum Gasteiger partial charge on any atom is 0.309 e. The Labute approximate surface area is 153 Å². The van der Waals surface area contributed by atoms with E-state index in [1.807, 2.05) is 18.2 Å². The molecule has 0 aliphatic carbocycles. The molecule has 2 unspecified atom stereocenters. The Morgan fingerprint density at radius 3 is 2.81 bits per heavy atom. The van der Waals surface area contributed by atoms with Crippen LogP contribution >= 0.6 is 0 Å². The number of rotatable bonds is 4. The Bertz CT molecular complexity index is 1030. The molecule has 138 valence electrons. The molecule has 0 radical (unpaired) electrons. The molecule has 4 N–H and O–H groups in total. The van der Waals surface area contributed by atoms with Crippen molar-refractivity contribution in [1.82, 2.24) is 15.3 Å². The van der Waals surface area contributed by atoms with Crippen molar-refractivity contribution in [3.63, 3.8) is 0 Å². The molecule has 8 heteroatoms. The minimum absolute atomic E-state index is 0.136. The zero-order chi connectivity index (χ0) is 19.0. The number of hydrogen-bond acceptors (Lipinski definition) is 6. The van der Waals surface area contributed by atoms with Gasteiger partial charge in [0.15, 0.2) is 5.82 Å². The van der Waals surface area contributed by atoms with Crippen molar-refractivity contribution in [2.75, 3.05) is 18.4 Å². The molecule has 3 aromatic rings. The second-order valence-corrected chi connectivity index (χ2v) is 6.43. The van der Waals surface area contributed by atoms with E-state index < -0.39 is 17.7 Å². The molecule has 2 aromatic carbocycles. The van der Waals surface area contributed by atoms with E-state index in [2.05, 4.69) is 20.6 Å². The zero-order valence-electron chi connectivity index (χ0n) is 14.2. The number of fused-ring (bicyclic) bond motifs is 1. The maximum atomic E-state index is 13.7. The standard InChI is InChI=1S/C19H17FN4O3/c20-10-5-6-16(25)12(7-10)18-22-14-4-2-1-3-11(14)17(24-18)23-15-9-21-8-13(15)19(26)27/h1-7,13,15,21,25H,8-9H2,(H,26,27)(H,22,23,24). The zero-order valence-corrected chi connectivity index (χ0v) is 14.2. The fourth-order valence-electron chi connectivity index (χ4n) is 3.26. The third-order valence-corrected chi connectivity index (χ3v) is 4.66. The minimum atomic E-state index is -0.890. The summed E-state index contributed by atoms with van der Waals surface area (Å²) in [4.78, 5) is 20.3. The van der Waals surface area contributed by atoms with Gasteiger partial charge in [-0.2, -0.15) is 0 Å². The number of aromatic hydroxyl groups is 1. The van der Waals surface area contributed by atoms with Gasteiger partial charge in [0.25, 0.3) is 0 Å². The topological polar surface area (TPSA) is 107 Å². The normalized spacial score (nSPS) is 19.3. The van der Waals surface area contributed by atoms with Crippen molar-refractivity contribution in [2.24, 2.45) is 5.92 Å². The largest absolute Gasteiger partial charge is 0.507 e. The number of hydrogen-bond donors (Lipinski definition) is 4. The third-order valence-electron chi connectivity index (χ3n) is 4.66. The van der Waals surface area contributed by atoms with Crippen LogP contribution in [-0.2, 0) is 4.79 Å². The highest BCUT2D eigenvalue weighted by atomic mass is 19.1. The van der Waals surface area contributed by atoms with Crippen LogP contribution in [0.3, 0.4) is 0 Å². The van der Waals surface area contributed by atoms with Gasteiger partial charge in [0.1, 0.15) is 17.4 Å². The van der Waals surface area contributed by atoms with Crippen LogP contribution in [0, 0.1) is 11.7 Å².